The number of pyridine rings is 2. The van der Waals surface area contributed by atoms with Crippen molar-refractivity contribution in [2.24, 2.45) is 0 Å². The number of carbonyl (C=O) groups is 2. The molecule has 0 unspecified atom stereocenters. The number of ether oxygens (including phenoxy) is 1. The predicted octanol–water partition coefficient (Wildman–Crippen LogP) is 4.52. The highest BCUT2D eigenvalue weighted by atomic mass is 19.2. The molecule has 0 aliphatic rings. The van der Waals surface area contributed by atoms with Gasteiger partial charge in [0, 0.05) is 36.3 Å². The van der Waals surface area contributed by atoms with Gasteiger partial charge in [0.15, 0.2) is 11.6 Å². The van der Waals surface area contributed by atoms with Gasteiger partial charge in [-0.1, -0.05) is 0 Å². The molecule has 0 fully saturated rings. The van der Waals surface area contributed by atoms with E-state index in [0.29, 0.717) is 28.3 Å². The van der Waals surface area contributed by atoms with Crippen molar-refractivity contribution in [3.8, 4) is 11.3 Å². The Morgan fingerprint density at radius 3 is 2.55 bits per heavy atom. The van der Waals surface area contributed by atoms with Crippen LogP contribution in [0, 0.1) is 11.6 Å². The highest BCUT2D eigenvalue weighted by Gasteiger charge is 2.19. The third kappa shape index (κ3) is 4.36. The lowest BCUT2D eigenvalue weighted by atomic mass is 10.2. The topological polar surface area (TPSA) is 88.8 Å². The molecular formula is C23H19F2N5O3. The van der Waals surface area contributed by atoms with E-state index in [2.05, 4.69) is 20.0 Å². The Morgan fingerprint density at radius 2 is 1.88 bits per heavy atom. The first kappa shape index (κ1) is 21.9. The minimum atomic E-state index is -1.02. The second-order valence-corrected chi connectivity index (χ2v) is 6.99. The molecule has 4 rings (SSSR count). The van der Waals surface area contributed by atoms with Gasteiger partial charge in [-0.05, 0) is 43.3 Å². The molecule has 2 amide bonds. The minimum Gasteiger partial charge on any atom is -0.453 e. The highest BCUT2D eigenvalue weighted by molar-refractivity contribution is 6.06. The van der Waals surface area contributed by atoms with Crippen LogP contribution in [-0.4, -0.2) is 40.0 Å². The summed E-state index contributed by atoms with van der Waals surface area (Å²) in [4.78, 5) is 34.4. The third-order valence-electron chi connectivity index (χ3n) is 5.00. The smallest absolute Gasteiger partial charge is 0.412 e. The van der Waals surface area contributed by atoms with Crippen molar-refractivity contribution in [1.82, 2.24) is 14.4 Å². The van der Waals surface area contributed by atoms with Crippen LogP contribution in [0.1, 0.15) is 17.3 Å². The molecule has 8 nitrogen and oxygen atoms in total. The summed E-state index contributed by atoms with van der Waals surface area (Å²) in [6.45, 7) is 2.01. The number of benzene rings is 1. The molecule has 0 saturated heterocycles. The van der Waals surface area contributed by atoms with Crippen LogP contribution in [0.3, 0.4) is 0 Å². The number of hydrogen-bond donors (Lipinski definition) is 1. The number of nitrogens with zero attached hydrogens (tertiary/aromatic N) is 4. The Kier molecular flexibility index (Phi) is 5.99. The van der Waals surface area contributed by atoms with E-state index in [4.69, 9.17) is 0 Å². The lowest BCUT2D eigenvalue weighted by Crippen LogP contribution is -2.31. The fourth-order valence-corrected chi connectivity index (χ4v) is 3.35. The average Bonchev–Trinajstić information content (AvgIpc) is 3.25. The Bertz CT molecular complexity index is 1340. The zero-order valence-corrected chi connectivity index (χ0v) is 17.8. The molecule has 3 heterocycles. The second-order valence-electron chi connectivity index (χ2n) is 6.99. The molecule has 4 aromatic rings. The van der Waals surface area contributed by atoms with Gasteiger partial charge in [0.25, 0.3) is 5.91 Å². The number of halogens is 2. The maximum absolute atomic E-state index is 13.7. The normalized spacial score (nSPS) is 10.8. The number of aromatic nitrogens is 3. The van der Waals surface area contributed by atoms with E-state index in [1.807, 2.05) is 0 Å². The van der Waals surface area contributed by atoms with Gasteiger partial charge in [-0.15, -0.1) is 0 Å². The molecule has 168 valence electrons. The summed E-state index contributed by atoms with van der Waals surface area (Å²) in [5.74, 6) is -2.06. The van der Waals surface area contributed by atoms with E-state index < -0.39 is 17.7 Å². The Hall–Kier alpha value is -4.34. The molecule has 0 radical (unpaired) electrons. The van der Waals surface area contributed by atoms with Crippen LogP contribution in [0.25, 0.3) is 16.9 Å². The number of hydrogen-bond acceptors (Lipinski definition) is 5. The van der Waals surface area contributed by atoms with Crippen molar-refractivity contribution in [2.75, 3.05) is 23.9 Å². The maximum atomic E-state index is 13.7. The van der Waals surface area contributed by atoms with Gasteiger partial charge in [-0.3, -0.25) is 14.5 Å². The SMILES string of the molecule is CCN(C(=O)c1ccc2ncc(-c3ccc(NC(=O)OC)nc3)n2c1)c1ccc(F)c(F)c1. The number of rotatable bonds is 5. The fourth-order valence-electron chi connectivity index (χ4n) is 3.35. The van der Waals surface area contributed by atoms with E-state index in [0.717, 1.165) is 12.1 Å². The van der Waals surface area contributed by atoms with Crippen molar-refractivity contribution < 1.29 is 23.1 Å². The number of nitrogens with one attached hydrogen (secondary N) is 1. The van der Waals surface area contributed by atoms with Gasteiger partial charge < -0.3 is 9.64 Å². The number of fused-ring (bicyclic) bond motifs is 1. The number of methoxy groups -OCH3 is 1. The lowest BCUT2D eigenvalue weighted by Gasteiger charge is -2.21. The fraction of sp³-hybridized carbons (Fsp3) is 0.130. The van der Waals surface area contributed by atoms with Gasteiger partial charge in [0.1, 0.15) is 11.5 Å². The van der Waals surface area contributed by atoms with Gasteiger partial charge >= 0.3 is 6.09 Å². The Balaban J connectivity index is 1.66. The van der Waals surface area contributed by atoms with E-state index in [1.165, 1.54) is 18.1 Å². The van der Waals surface area contributed by atoms with Crippen LogP contribution in [0.5, 0.6) is 0 Å². The van der Waals surface area contributed by atoms with Crippen LogP contribution in [0.15, 0.2) is 61.1 Å². The zero-order chi connectivity index (χ0) is 23.5. The van der Waals surface area contributed by atoms with Gasteiger partial charge in [-0.2, -0.15) is 0 Å². The number of anilines is 2. The van der Waals surface area contributed by atoms with E-state index in [1.54, 1.807) is 54.2 Å². The molecule has 3 aromatic heterocycles. The summed E-state index contributed by atoms with van der Waals surface area (Å²) in [6, 6.07) is 10.0. The highest BCUT2D eigenvalue weighted by Crippen LogP contribution is 2.24. The van der Waals surface area contributed by atoms with Crippen LogP contribution in [0.4, 0.5) is 25.1 Å². The number of amides is 2. The van der Waals surface area contributed by atoms with E-state index in [9.17, 15) is 18.4 Å². The molecule has 1 aromatic carbocycles. The van der Waals surface area contributed by atoms with Gasteiger partial charge in [0.05, 0.1) is 24.6 Å². The molecule has 0 aliphatic heterocycles. The second kappa shape index (κ2) is 9.03. The maximum Gasteiger partial charge on any atom is 0.412 e. The summed E-state index contributed by atoms with van der Waals surface area (Å²) >= 11 is 0. The summed E-state index contributed by atoms with van der Waals surface area (Å²) in [5, 5.41) is 2.47. The Labute approximate surface area is 187 Å². The summed E-state index contributed by atoms with van der Waals surface area (Å²) in [5.41, 5.74) is 2.58. The van der Waals surface area contributed by atoms with Gasteiger partial charge in [-0.25, -0.2) is 23.5 Å². The summed E-state index contributed by atoms with van der Waals surface area (Å²) in [6.07, 6.45) is 4.20. The quantitative estimate of drug-likeness (QED) is 0.482. The average molecular weight is 451 g/mol. The molecule has 33 heavy (non-hydrogen) atoms. The first-order chi connectivity index (χ1) is 15.9. The molecule has 0 atom stereocenters. The molecule has 0 aliphatic carbocycles. The molecule has 10 heteroatoms. The molecule has 0 saturated carbocycles. The summed E-state index contributed by atoms with van der Waals surface area (Å²) in [7, 11) is 1.26. The van der Waals surface area contributed by atoms with Crippen molar-refractivity contribution in [3.05, 3.63) is 78.3 Å². The van der Waals surface area contributed by atoms with Crippen molar-refractivity contribution in [3.63, 3.8) is 0 Å². The van der Waals surface area contributed by atoms with Crippen LogP contribution >= 0.6 is 0 Å². The lowest BCUT2D eigenvalue weighted by molar-refractivity contribution is 0.0987. The predicted molar refractivity (Wildman–Crippen MR) is 118 cm³/mol. The largest absolute Gasteiger partial charge is 0.453 e. The minimum absolute atomic E-state index is 0.255. The van der Waals surface area contributed by atoms with Crippen molar-refractivity contribution in [2.45, 2.75) is 6.92 Å². The standard InChI is InChI=1S/C23H19F2N5O3/c1-3-29(16-6-7-17(24)18(25)10-16)22(31)15-5-9-21-27-12-19(30(21)13-15)14-4-8-20(26-11-14)28-23(32)33-2/h4-13H,3H2,1-2H3,(H,26,28,32). The molecule has 0 bridgehead atoms. The zero-order valence-electron chi connectivity index (χ0n) is 17.8. The molecule has 0 spiro atoms. The monoisotopic (exact) mass is 451 g/mol. The molecular weight excluding hydrogens is 432 g/mol. The number of imidazole rings is 1. The summed E-state index contributed by atoms with van der Waals surface area (Å²) < 4.78 is 33.3. The van der Waals surface area contributed by atoms with Crippen molar-refractivity contribution in [1.29, 1.82) is 0 Å². The number of carbonyl (C=O) groups excluding carboxylic acids is 2. The van der Waals surface area contributed by atoms with Gasteiger partial charge in [0.2, 0.25) is 0 Å². The van der Waals surface area contributed by atoms with E-state index in [-0.39, 0.29) is 18.1 Å². The first-order valence-electron chi connectivity index (χ1n) is 9.96. The van der Waals surface area contributed by atoms with Crippen LogP contribution < -0.4 is 10.2 Å². The van der Waals surface area contributed by atoms with Crippen LogP contribution in [0.2, 0.25) is 0 Å². The molecule has 1 N–H and O–H groups in total. The first-order valence-corrected chi connectivity index (χ1v) is 9.96. The van der Waals surface area contributed by atoms with Crippen LogP contribution in [-0.2, 0) is 4.74 Å². The van der Waals surface area contributed by atoms with Crippen molar-refractivity contribution >= 4 is 29.2 Å². The Morgan fingerprint density at radius 1 is 1.06 bits per heavy atom. The van der Waals surface area contributed by atoms with E-state index >= 15 is 0 Å². The third-order valence-corrected chi connectivity index (χ3v) is 5.00.